The number of H-pyrrole nitrogens is 1. The minimum Gasteiger partial charge on any atom is -0.354 e. The number of aromatic nitrogens is 3. The van der Waals surface area contributed by atoms with E-state index >= 15 is 0 Å². The molecule has 1 aliphatic heterocycles. The quantitative estimate of drug-likeness (QED) is 0.714. The molecule has 2 aromatic heterocycles. The number of pyridine rings is 1. The molecular weight excluding hydrogens is 386 g/mol. The maximum Gasteiger partial charge on any atom is 0.243 e. The van der Waals surface area contributed by atoms with Crippen LogP contribution in [0.3, 0.4) is 0 Å². The van der Waals surface area contributed by atoms with Crippen LogP contribution < -0.4 is 4.90 Å². The van der Waals surface area contributed by atoms with Crippen molar-refractivity contribution in [1.82, 2.24) is 19.5 Å². The maximum atomic E-state index is 13.2. The monoisotopic (exact) mass is 411 g/mol. The van der Waals surface area contributed by atoms with Gasteiger partial charge in [0.15, 0.2) is 5.82 Å². The predicted octanol–water partition coefficient (Wildman–Crippen LogP) is 2.99. The van der Waals surface area contributed by atoms with Crippen LogP contribution in [0, 0.1) is 13.8 Å². The molecule has 1 saturated heterocycles. The second-order valence-electron chi connectivity index (χ2n) is 7.42. The highest BCUT2D eigenvalue weighted by Crippen LogP contribution is 2.24. The summed E-state index contributed by atoms with van der Waals surface area (Å²) in [5.74, 6) is 0.816. The zero-order valence-corrected chi connectivity index (χ0v) is 17.5. The second kappa shape index (κ2) is 7.96. The molecular formula is C21H25N5O2S. The Morgan fingerprint density at radius 3 is 2.48 bits per heavy atom. The van der Waals surface area contributed by atoms with Gasteiger partial charge in [-0.25, -0.2) is 8.42 Å². The lowest BCUT2D eigenvalue weighted by molar-refractivity contribution is 0.433. The lowest BCUT2D eigenvalue weighted by Gasteiger charge is -2.22. The molecule has 8 heteroatoms. The first-order chi connectivity index (χ1) is 13.9. The van der Waals surface area contributed by atoms with E-state index in [4.69, 9.17) is 0 Å². The minimum absolute atomic E-state index is 0.376. The largest absolute Gasteiger partial charge is 0.354 e. The van der Waals surface area contributed by atoms with Crippen LogP contribution in [0.5, 0.6) is 0 Å². The van der Waals surface area contributed by atoms with Crippen LogP contribution >= 0.6 is 0 Å². The fourth-order valence-electron chi connectivity index (χ4n) is 3.72. The van der Waals surface area contributed by atoms with E-state index in [9.17, 15) is 8.42 Å². The van der Waals surface area contributed by atoms with Gasteiger partial charge in [0, 0.05) is 38.4 Å². The third-order valence-corrected chi connectivity index (χ3v) is 6.99. The highest BCUT2D eigenvalue weighted by Gasteiger charge is 2.28. The molecule has 0 atom stereocenters. The number of benzene rings is 1. The summed E-state index contributed by atoms with van der Waals surface area (Å²) in [6.07, 6.45) is 2.49. The van der Waals surface area contributed by atoms with Gasteiger partial charge < -0.3 is 4.90 Å². The van der Waals surface area contributed by atoms with E-state index in [0.29, 0.717) is 24.5 Å². The summed E-state index contributed by atoms with van der Waals surface area (Å²) < 4.78 is 27.9. The third-order valence-electron chi connectivity index (χ3n) is 5.12. The molecule has 29 heavy (non-hydrogen) atoms. The fourth-order valence-corrected chi connectivity index (χ4v) is 5.38. The number of aryl methyl sites for hydroxylation is 2. The Bertz CT molecular complexity index is 1080. The molecule has 4 rings (SSSR count). The molecule has 1 aromatic carbocycles. The van der Waals surface area contributed by atoms with Crippen molar-refractivity contribution >= 4 is 15.8 Å². The first kappa shape index (κ1) is 19.6. The average Bonchev–Trinajstić information content (AvgIpc) is 3.05. The second-order valence-corrected chi connectivity index (χ2v) is 9.36. The number of aromatic amines is 1. The zero-order chi connectivity index (χ0) is 20.4. The Morgan fingerprint density at radius 2 is 1.76 bits per heavy atom. The van der Waals surface area contributed by atoms with Gasteiger partial charge in [0.05, 0.1) is 16.3 Å². The van der Waals surface area contributed by atoms with Crippen LogP contribution in [-0.2, 0) is 10.0 Å². The van der Waals surface area contributed by atoms with E-state index in [-0.39, 0.29) is 0 Å². The Kier molecular flexibility index (Phi) is 5.38. The number of nitrogens with zero attached hydrogens (tertiary/aromatic N) is 4. The molecule has 0 bridgehead atoms. The highest BCUT2D eigenvalue weighted by molar-refractivity contribution is 7.89. The number of hydrogen-bond acceptors (Lipinski definition) is 5. The van der Waals surface area contributed by atoms with E-state index in [0.717, 1.165) is 41.3 Å². The van der Waals surface area contributed by atoms with Crippen molar-refractivity contribution in [2.75, 3.05) is 31.1 Å². The number of anilines is 1. The minimum atomic E-state index is -3.51. The molecule has 3 heterocycles. The normalized spacial score (nSPS) is 16.0. The summed E-state index contributed by atoms with van der Waals surface area (Å²) in [5, 5.41) is 7.45. The molecule has 0 spiro atoms. The number of rotatable bonds is 4. The summed E-state index contributed by atoms with van der Waals surface area (Å²) >= 11 is 0. The first-order valence-electron chi connectivity index (χ1n) is 9.74. The molecule has 0 saturated carbocycles. The van der Waals surface area contributed by atoms with E-state index in [1.165, 1.54) is 0 Å². The smallest absolute Gasteiger partial charge is 0.243 e. The van der Waals surface area contributed by atoms with E-state index in [1.54, 1.807) is 22.6 Å². The Labute approximate surface area is 171 Å². The topological polar surface area (TPSA) is 82.2 Å². The number of sulfonamides is 1. The fraction of sp³-hybridized carbons (Fsp3) is 0.333. The summed E-state index contributed by atoms with van der Waals surface area (Å²) in [6, 6.07) is 13.2. The molecule has 3 aromatic rings. The van der Waals surface area contributed by atoms with Crippen LogP contribution in [0.4, 0.5) is 5.82 Å². The van der Waals surface area contributed by atoms with Gasteiger partial charge in [-0.1, -0.05) is 12.1 Å². The lowest BCUT2D eigenvalue weighted by atomic mass is 10.2. The Morgan fingerprint density at radius 1 is 0.966 bits per heavy atom. The van der Waals surface area contributed by atoms with Crippen LogP contribution in [0.2, 0.25) is 0 Å². The van der Waals surface area contributed by atoms with Crippen molar-refractivity contribution in [3.05, 3.63) is 59.8 Å². The third kappa shape index (κ3) is 4.18. The first-order valence-corrected chi connectivity index (χ1v) is 11.2. The molecule has 0 aliphatic carbocycles. The van der Waals surface area contributed by atoms with Gasteiger partial charge in [0.1, 0.15) is 0 Å². The highest BCUT2D eigenvalue weighted by atomic mass is 32.2. The number of hydrogen-bond donors (Lipinski definition) is 1. The Hall–Kier alpha value is -2.71. The molecule has 0 amide bonds. The van der Waals surface area contributed by atoms with E-state index in [2.05, 4.69) is 20.1 Å². The van der Waals surface area contributed by atoms with Gasteiger partial charge in [-0.2, -0.15) is 9.40 Å². The number of nitrogens with one attached hydrogen (secondary N) is 1. The standard InChI is InChI=1S/C21H25N5O2S/c1-16-12-17(2)14-18(13-16)29(27,28)26-9-5-8-25(10-11-26)21-15-20(23-24-21)19-6-3-4-7-22-19/h3-4,6-7,12-15H,5,8-11H2,1-2H3,(H,23,24). The van der Waals surface area contributed by atoms with Crippen molar-refractivity contribution in [3.8, 4) is 11.4 Å². The van der Waals surface area contributed by atoms with Gasteiger partial charge >= 0.3 is 0 Å². The summed E-state index contributed by atoms with van der Waals surface area (Å²) in [4.78, 5) is 6.84. The Balaban J connectivity index is 1.50. The molecule has 1 aliphatic rings. The predicted molar refractivity (Wildman–Crippen MR) is 113 cm³/mol. The average molecular weight is 412 g/mol. The van der Waals surface area contributed by atoms with Crippen LogP contribution in [-0.4, -0.2) is 54.1 Å². The van der Waals surface area contributed by atoms with Gasteiger partial charge in [-0.15, -0.1) is 0 Å². The van der Waals surface area contributed by atoms with Crippen LogP contribution in [0.15, 0.2) is 53.6 Å². The van der Waals surface area contributed by atoms with Gasteiger partial charge in [0.25, 0.3) is 0 Å². The van der Waals surface area contributed by atoms with Gasteiger partial charge in [0.2, 0.25) is 10.0 Å². The summed E-state index contributed by atoms with van der Waals surface area (Å²) in [7, 11) is -3.51. The van der Waals surface area contributed by atoms with Gasteiger partial charge in [-0.05, 0) is 55.7 Å². The van der Waals surface area contributed by atoms with Crippen LogP contribution in [0.25, 0.3) is 11.4 Å². The van der Waals surface area contributed by atoms with E-state index < -0.39 is 10.0 Å². The van der Waals surface area contributed by atoms with Crippen molar-refractivity contribution < 1.29 is 8.42 Å². The molecule has 0 radical (unpaired) electrons. The summed E-state index contributed by atoms with van der Waals surface area (Å²) in [5.41, 5.74) is 3.60. The molecule has 1 fully saturated rings. The maximum absolute atomic E-state index is 13.2. The van der Waals surface area contributed by atoms with Crippen molar-refractivity contribution in [2.24, 2.45) is 0 Å². The van der Waals surface area contributed by atoms with Crippen molar-refractivity contribution in [2.45, 2.75) is 25.2 Å². The molecule has 0 unspecified atom stereocenters. The molecule has 152 valence electrons. The van der Waals surface area contributed by atoms with Gasteiger partial charge in [-0.3, -0.25) is 10.1 Å². The van der Waals surface area contributed by atoms with Crippen molar-refractivity contribution in [1.29, 1.82) is 0 Å². The van der Waals surface area contributed by atoms with Crippen molar-refractivity contribution in [3.63, 3.8) is 0 Å². The molecule has 7 nitrogen and oxygen atoms in total. The zero-order valence-electron chi connectivity index (χ0n) is 16.7. The summed E-state index contributed by atoms with van der Waals surface area (Å²) in [6.45, 7) is 6.13. The lowest BCUT2D eigenvalue weighted by Crippen LogP contribution is -2.35. The van der Waals surface area contributed by atoms with Crippen LogP contribution in [0.1, 0.15) is 17.5 Å². The molecule has 1 N–H and O–H groups in total. The van der Waals surface area contributed by atoms with E-state index in [1.807, 2.05) is 44.2 Å². The SMILES string of the molecule is Cc1cc(C)cc(S(=O)(=O)N2CCCN(c3cc(-c4ccccn4)[nH]n3)CC2)c1.